The van der Waals surface area contributed by atoms with Crippen molar-refractivity contribution in [2.45, 2.75) is 45.4 Å². The van der Waals surface area contributed by atoms with Gasteiger partial charge in [-0.1, -0.05) is 27.7 Å². The molecule has 1 N–H and O–H groups in total. The van der Waals surface area contributed by atoms with Crippen molar-refractivity contribution in [1.29, 1.82) is 0 Å². The smallest absolute Gasteiger partial charge is 0.177 e. The second-order valence-corrected chi connectivity index (χ2v) is 5.60. The molecule has 0 saturated heterocycles. The number of nitrogens with zero attached hydrogens (tertiary/aromatic N) is 3. The quantitative estimate of drug-likeness (QED) is 0.822. The molecule has 0 radical (unpaired) electrons. The lowest BCUT2D eigenvalue weighted by Crippen LogP contribution is -2.23. The largest absolute Gasteiger partial charge is 0.295 e. The Balaban J connectivity index is 2.49. The lowest BCUT2D eigenvalue weighted by molar-refractivity contribution is 0.535. The van der Waals surface area contributed by atoms with Crippen LogP contribution in [0, 0.1) is 0 Å². The van der Waals surface area contributed by atoms with Gasteiger partial charge in [-0.15, -0.1) is 10.2 Å². The van der Waals surface area contributed by atoms with Crippen molar-refractivity contribution in [1.82, 2.24) is 19.8 Å². The highest BCUT2D eigenvalue weighted by molar-refractivity contribution is 7.80. The molecule has 0 aliphatic carbocycles. The van der Waals surface area contributed by atoms with E-state index < -0.39 is 0 Å². The monoisotopic (exact) mass is 252 g/mol. The summed E-state index contributed by atoms with van der Waals surface area (Å²) in [6, 6.07) is 2.08. The Bertz CT molecular complexity index is 512. The summed E-state index contributed by atoms with van der Waals surface area (Å²) in [7, 11) is 0. The zero-order valence-corrected chi connectivity index (χ0v) is 11.8. The molecule has 0 aromatic carbocycles. The van der Waals surface area contributed by atoms with Gasteiger partial charge in [0.1, 0.15) is 0 Å². The van der Waals surface area contributed by atoms with E-state index in [0.717, 1.165) is 23.6 Å². The fraction of sp³-hybridized carbons (Fsp3) is 0.667. The molecule has 17 heavy (non-hydrogen) atoms. The van der Waals surface area contributed by atoms with Gasteiger partial charge in [0.05, 0.1) is 0 Å². The van der Waals surface area contributed by atoms with Crippen molar-refractivity contribution in [3.63, 3.8) is 0 Å². The first kappa shape index (κ1) is 12.5. The van der Waals surface area contributed by atoms with E-state index in [1.807, 2.05) is 4.52 Å². The minimum absolute atomic E-state index is 0.0832. The Morgan fingerprint density at radius 2 is 2.18 bits per heavy atom. The van der Waals surface area contributed by atoms with Crippen molar-refractivity contribution in [2.75, 3.05) is 5.75 Å². The Hall–Kier alpha value is -0.970. The summed E-state index contributed by atoms with van der Waals surface area (Å²) in [4.78, 5) is 0. The predicted octanol–water partition coefficient (Wildman–Crippen LogP) is 2.78. The van der Waals surface area contributed by atoms with Gasteiger partial charge in [0, 0.05) is 22.9 Å². The Morgan fingerprint density at radius 1 is 1.47 bits per heavy atom. The van der Waals surface area contributed by atoms with Crippen LogP contribution in [0.2, 0.25) is 0 Å². The van der Waals surface area contributed by atoms with E-state index in [-0.39, 0.29) is 5.41 Å². The second kappa shape index (κ2) is 4.37. The van der Waals surface area contributed by atoms with Crippen molar-refractivity contribution in [3.05, 3.63) is 17.6 Å². The van der Waals surface area contributed by atoms with Crippen LogP contribution in [-0.4, -0.2) is 25.6 Å². The summed E-state index contributed by atoms with van der Waals surface area (Å²) in [6.45, 7) is 8.65. The number of hydrogen-bond donors (Lipinski definition) is 2. The molecule has 5 heteroatoms. The van der Waals surface area contributed by atoms with Crippen LogP contribution in [0.1, 0.15) is 51.6 Å². The zero-order chi connectivity index (χ0) is 12.6. The molecule has 0 aliphatic heterocycles. The highest BCUT2D eigenvalue weighted by Gasteiger charge is 2.26. The van der Waals surface area contributed by atoms with Crippen molar-refractivity contribution in [2.24, 2.45) is 0 Å². The molecule has 0 spiro atoms. The molecule has 1 atom stereocenters. The molecule has 2 rings (SSSR count). The number of thiol groups is 1. The summed E-state index contributed by atoms with van der Waals surface area (Å²) in [5.74, 6) is 2.20. The van der Waals surface area contributed by atoms with Crippen LogP contribution in [0.5, 0.6) is 0 Å². The molecule has 0 fully saturated rings. The maximum atomic E-state index is 4.38. The molecule has 94 valence electrons. The summed E-state index contributed by atoms with van der Waals surface area (Å²) in [5, 5.41) is 11.9. The number of H-pyrrole nitrogens is 1. The van der Waals surface area contributed by atoms with Gasteiger partial charge in [-0.3, -0.25) is 5.10 Å². The Morgan fingerprint density at radius 3 is 2.76 bits per heavy atom. The van der Waals surface area contributed by atoms with Crippen LogP contribution >= 0.6 is 12.6 Å². The minimum atomic E-state index is -0.0832. The summed E-state index contributed by atoms with van der Waals surface area (Å²) < 4.78 is 1.98. The van der Waals surface area contributed by atoms with E-state index in [0.29, 0.717) is 5.92 Å². The highest BCUT2D eigenvalue weighted by atomic mass is 32.1. The lowest BCUT2D eigenvalue weighted by atomic mass is 9.96. The second-order valence-electron chi connectivity index (χ2n) is 5.28. The molecule has 2 aromatic rings. The first-order chi connectivity index (χ1) is 7.99. The van der Waals surface area contributed by atoms with Crippen LogP contribution in [0.15, 0.2) is 6.07 Å². The van der Waals surface area contributed by atoms with E-state index in [1.54, 1.807) is 0 Å². The molecule has 2 heterocycles. The van der Waals surface area contributed by atoms with Crippen molar-refractivity contribution in [3.8, 4) is 0 Å². The third-order valence-corrected chi connectivity index (χ3v) is 4.15. The van der Waals surface area contributed by atoms with Crippen LogP contribution in [0.4, 0.5) is 0 Å². The van der Waals surface area contributed by atoms with E-state index >= 15 is 0 Å². The summed E-state index contributed by atoms with van der Waals surface area (Å²) in [5.41, 5.74) is 2.03. The normalized spacial score (nSPS) is 14.4. The van der Waals surface area contributed by atoms with E-state index in [9.17, 15) is 0 Å². The van der Waals surface area contributed by atoms with Gasteiger partial charge in [-0.2, -0.15) is 12.6 Å². The van der Waals surface area contributed by atoms with Crippen LogP contribution in [0.3, 0.4) is 0 Å². The van der Waals surface area contributed by atoms with Crippen molar-refractivity contribution >= 4 is 18.3 Å². The van der Waals surface area contributed by atoms with Crippen LogP contribution in [-0.2, 0) is 5.41 Å². The Kier molecular flexibility index (Phi) is 3.21. The number of aromatic amines is 1. The molecular formula is C12H20N4S. The molecule has 0 amide bonds. The number of nitrogens with one attached hydrogen (secondary N) is 1. The molecule has 0 bridgehead atoms. The maximum absolute atomic E-state index is 4.38. The van der Waals surface area contributed by atoms with Gasteiger partial charge >= 0.3 is 0 Å². The van der Waals surface area contributed by atoms with Crippen LogP contribution < -0.4 is 0 Å². The maximum Gasteiger partial charge on any atom is 0.177 e. The molecule has 4 nitrogen and oxygen atoms in total. The zero-order valence-electron chi connectivity index (χ0n) is 10.9. The van der Waals surface area contributed by atoms with E-state index in [2.05, 4.69) is 61.7 Å². The minimum Gasteiger partial charge on any atom is -0.295 e. The highest BCUT2D eigenvalue weighted by Crippen LogP contribution is 2.25. The number of rotatable bonds is 4. The van der Waals surface area contributed by atoms with Gasteiger partial charge in [0.2, 0.25) is 0 Å². The number of aromatic nitrogens is 4. The van der Waals surface area contributed by atoms with Gasteiger partial charge in [0.25, 0.3) is 0 Å². The van der Waals surface area contributed by atoms with E-state index in [1.165, 1.54) is 5.69 Å². The number of fused-ring (bicyclic) bond motifs is 1. The Labute approximate surface area is 107 Å². The van der Waals surface area contributed by atoms with Gasteiger partial charge in [0.15, 0.2) is 11.5 Å². The van der Waals surface area contributed by atoms with Gasteiger partial charge in [-0.05, 0) is 12.3 Å². The average Bonchev–Trinajstić information content (AvgIpc) is 2.86. The topological polar surface area (TPSA) is 46.0 Å². The fourth-order valence-corrected chi connectivity index (χ4v) is 1.92. The molecule has 2 aromatic heterocycles. The standard InChI is InChI=1S/C12H20N4S/c1-5-8(2)9-6-10-13-14-11(16(10)15-9)12(3,4)7-17/h6,8,15,17H,5,7H2,1-4H3. The molecular weight excluding hydrogens is 232 g/mol. The van der Waals surface area contributed by atoms with E-state index in [4.69, 9.17) is 0 Å². The first-order valence-corrected chi connectivity index (χ1v) is 6.68. The first-order valence-electron chi connectivity index (χ1n) is 6.05. The predicted molar refractivity (Wildman–Crippen MR) is 72.9 cm³/mol. The number of hydrogen-bond acceptors (Lipinski definition) is 3. The fourth-order valence-electron chi connectivity index (χ4n) is 1.78. The van der Waals surface area contributed by atoms with Crippen LogP contribution in [0.25, 0.3) is 5.65 Å². The summed E-state index contributed by atoms with van der Waals surface area (Å²) >= 11 is 4.38. The third kappa shape index (κ3) is 2.08. The average molecular weight is 252 g/mol. The SMILES string of the molecule is CCC(C)c1cc2nnc(C(C)(C)CS)n2[nH]1. The molecule has 1 unspecified atom stereocenters. The van der Waals surface area contributed by atoms with Crippen molar-refractivity contribution < 1.29 is 0 Å². The van der Waals surface area contributed by atoms with Gasteiger partial charge < -0.3 is 0 Å². The molecule has 0 aliphatic rings. The van der Waals surface area contributed by atoms with Gasteiger partial charge in [-0.25, -0.2) is 4.52 Å². The molecule has 0 saturated carbocycles. The third-order valence-electron chi connectivity index (χ3n) is 3.36. The summed E-state index contributed by atoms with van der Waals surface area (Å²) in [6.07, 6.45) is 1.11. The lowest BCUT2D eigenvalue weighted by Gasteiger charge is -2.18.